The highest BCUT2D eigenvalue weighted by Crippen LogP contribution is 2.38. The minimum atomic E-state index is -0.856. The number of amides is 1. The van der Waals surface area contributed by atoms with Crippen LogP contribution in [0.25, 0.3) is 0 Å². The molecule has 0 saturated carbocycles. The summed E-state index contributed by atoms with van der Waals surface area (Å²) in [4.78, 5) is 25.4. The zero-order chi connectivity index (χ0) is 17.9. The molecule has 132 valence electrons. The lowest BCUT2D eigenvalue weighted by Gasteiger charge is -2.23. The van der Waals surface area contributed by atoms with E-state index in [1.807, 2.05) is 0 Å². The summed E-state index contributed by atoms with van der Waals surface area (Å²) >= 11 is 0. The van der Waals surface area contributed by atoms with Crippen LogP contribution in [0, 0.1) is 5.92 Å². The van der Waals surface area contributed by atoms with E-state index in [9.17, 15) is 14.7 Å². The molecule has 1 aliphatic heterocycles. The van der Waals surface area contributed by atoms with Gasteiger partial charge < -0.3 is 24.2 Å². The first-order chi connectivity index (χ1) is 11.4. The predicted molar refractivity (Wildman–Crippen MR) is 86.7 cm³/mol. The van der Waals surface area contributed by atoms with Crippen LogP contribution in [0.15, 0.2) is 12.1 Å². The zero-order valence-corrected chi connectivity index (χ0v) is 14.4. The maximum Gasteiger partial charge on any atom is 0.308 e. The van der Waals surface area contributed by atoms with Gasteiger partial charge in [-0.15, -0.1) is 0 Å². The highest BCUT2D eigenvalue weighted by molar-refractivity contribution is 5.81. The number of aliphatic carboxylic acids is 1. The Morgan fingerprint density at radius 2 is 1.75 bits per heavy atom. The Morgan fingerprint density at radius 3 is 2.17 bits per heavy atom. The second kappa shape index (κ2) is 7.42. The van der Waals surface area contributed by atoms with E-state index in [0.717, 1.165) is 5.56 Å². The maximum absolute atomic E-state index is 12.6. The molecular formula is C17H23NO6. The lowest BCUT2D eigenvalue weighted by molar-refractivity contribution is -0.143. The van der Waals surface area contributed by atoms with Gasteiger partial charge in [0.05, 0.1) is 33.7 Å². The fraction of sp³-hybridized carbons (Fsp3) is 0.529. The lowest BCUT2D eigenvalue weighted by Crippen LogP contribution is -2.38. The number of carbonyl (C=O) groups is 2. The van der Waals surface area contributed by atoms with Crippen LogP contribution in [0.4, 0.5) is 0 Å². The van der Waals surface area contributed by atoms with Gasteiger partial charge in [0.25, 0.3) is 0 Å². The van der Waals surface area contributed by atoms with Crippen molar-refractivity contribution < 1.29 is 28.9 Å². The van der Waals surface area contributed by atoms with Crippen molar-refractivity contribution in [1.82, 2.24) is 4.90 Å². The second-order valence-corrected chi connectivity index (χ2v) is 5.77. The van der Waals surface area contributed by atoms with E-state index < -0.39 is 11.9 Å². The molecule has 1 N–H and O–H groups in total. The Bertz CT molecular complexity index is 605. The van der Waals surface area contributed by atoms with Gasteiger partial charge in [0.2, 0.25) is 11.7 Å². The molecule has 0 radical (unpaired) electrons. The van der Waals surface area contributed by atoms with Crippen LogP contribution in [0.1, 0.15) is 18.9 Å². The predicted octanol–water partition coefficient (Wildman–Crippen LogP) is 1.58. The van der Waals surface area contributed by atoms with Gasteiger partial charge in [-0.2, -0.15) is 0 Å². The third-order valence-electron chi connectivity index (χ3n) is 4.47. The quantitative estimate of drug-likeness (QED) is 0.848. The summed E-state index contributed by atoms with van der Waals surface area (Å²) in [7, 11) is 4.55. The first kappa shape index (κ1) is 17.9. The topological polar surface area (TPSA) is 85.3 Å². The number of rotatable bonds is 6. The Balaban J connectivity index is 2.19. The van der Waals surface area contributed by atoms with E-state index >= 15 is 0 Å². The molecule has 1 fully saturated rings. The summed E-state index contributed by atoms with van der Waals surface area (Å²) in [5, 5.41) is 9.18. The average Bonchev–Trinajstić information content (AvgIpc) is 2.95. The molecule has 2 rings (SSSR count). The molecule has 0 aliphatic carbocycles. The van der Waals surface area contributed by atoms with Crippen molar-refractivity contribution in [3.8, 4) is 17.2 Å². The van der Waals surface area contributed by atoms with Crippen molar-refractivity contribution in [2.45, 2.75) is 25.8 Å². The number of carboxylic acids is 1. The number of carbonyl (C=O) groups excluding carboxylic acids is 1. The molecule has 24 heavy (non-hydrogen) atoms. The van der Waals surface area contributed by atoms with Gasteiger partial charge in [-0.3, -0.25) is 9.59 Å². The fourth-order valence-corrected chi connectivity index (χ4v) is 3.14. The first-order valence-corrected chi connectivity index (χ1v) is 7.74. The number of carboxylic acid groups (broad SMARTS) is 1. The summed E-state index contributed by atoms with van der Waals surface area (Å²) in [5.41, 5.74) is 0.723. The van der Waals surface area contributed by atoms with Crippen LogP contribution in [-0.4, -0.2) is 55.8 Å². The largest absolute Gasteiger partial charge is 0.493 e. The van der Waals surface area contributed by atoms with E-state index in [-0.39, 0.29) is 18.4 Å². The normalized spacial score (nSPS) is 19.9. The summed E-state index contributed by atoms with van der Waals surface area (Å²) in [6, 6.07) is 3.15. The van der Waals surface area contributed by atoms with Gasteiger partial charge in [0, 0.05) is 12.6 Å². The molecule has 0 aromatic heterocycles. The van der Waals surface area contributed by atoms with Crippen LogP contribution >= 0.6 is 0 Å². The van der Waals surface area contributed by atoms with Gasteiger partial charge in [-0.1, -0.05) is 0 Å². The molecule has 2 atom stereocenters. The number of ether oxygens (including phenoxy) is 3. The van der Waals surface area contributed by atoms with E-state index in [0.29, 0.717) is 30.2 Å². The smallest absolute Gasteiger partial charge is 0.308 e. The van der Waals surface area contributed by atoms with Gasteiger partial charge >= 0.3 is 5.97 Å². The van der Waals surface area contributed by atoms with Gasteiger partial charge in [-0.05, 0) is 31.0 Å². The molecule has 7 nitrogen and oxygen atoms in total. The second-order valence-electron chi connectivity index (χ2n) is 5.77. The third kappa shape index (κ3) is 3.39. The fourth-order valence-electron chi connectivity index (χ4n) is 3.14. The Labute approximate surface area is 141 Å². The summed E-state index contributed by atoms with van der Waals surface area (Å²) in [5.74, 6) is -0.0354. The highest BCUT2D eigenvalue weighted by atomic mass is 16.5. The van der Waals surface area contributed by atoms with Gasteiger partial charge in [0.1, 0.15) is 0 Å². The van der Waals surface area contributed by atoms with E-state index in [1.54, 1.807) is 24.0 Å². The molecule has 1 aliphatic rings. The first-order valence-electron chi connectivity index (χ1n) is 7.74. The molecule has 1 aromatic carbocycles. The van der Waals surface area contributed by atoms with Crippen molar-refractivity contribution in [2.75, 3.05) is 27.9 Å². The highest BCUT2D eigenvalue weighted by Gasteiger charge is 2.37. The van der Waals surface area contributed by atoms with Crippen molar-refractivity contribution in [3.05, 3.63) is 17.7 Å². The monoisotopic (exact) mass is 337 g/mol. The van der Waals surface area contributed by atoms with Crippen LogP contribution in [-0.2, 0) is 16.0 Å². The summed E-state index contributed by atoms with van der Waals surface area (Å²) in [6.45, 7) is 2.24. The van der Waals surface area contributed by atoms with Gasteiger partial charge in [-0.25, -0.2) is 0 Å². The number of hydrogen-bond donors (Lipinski definition) is 1. The number of nitrogens with zero attached hydrogens (tertiary/aromatic N) is 1. The average molecular weight is 337 g/mol. The molecule has 1 amide bonds. The Morgan fingerprint density at radius 1 is 1.17 bits per heavy atom. The minimum Gasteiger partial charge on any atom is -0.493 e. The Hall–Kier alpha value is -2.44. The molecule has 1 aromatic rings. The molecule has 1 heterocycles. The molecule has 0 spiro atoms. The molecule has 1 saturated heterocycles. The standard InChI is InChI=1S/C17H23NO6/c1-10-12(17(20)21)5-6-18(10)15(19)9-11-7-13(22-2)16(24-4)14(8-11)23-3/h7-8,10,12H,5-6,9H2,1-4H3,(H,20,21). The van der Waals surface area contributed by atoms with Crippen molar-refractivity contribution in [1.29, 1.82) is 0 Å². The van der Waals surface area contributed by atoms with Crippen LogP contribution in [0.2, 0.25) is 0 Å². The number of hydrogen-bond acceptors (Lipinski definition) is 5. The third-order valence-corrected chi connectivity index (χ3v) is 4.47. The SMILES string of the molecule is COc1cc(CC(=O)N2CCC(C(=O)O)C2C)cc(OC)c1OC. The lowest BCUT2D eigenvalue weighted by atomic mass is 10.0. The number of likely N-dealkylation sites (tertiary alicyclic amines) is 1. The van der Waals surface area contributed by atoms with E-state index in [4.69, 9.17) is 14.2 Å². The van der Waals surface area contributed by atoms with E-state index in [1.165, 1.54) is 21.3 Å². The van der Waals surface area contributed by atoms with Crippen LogP contribution < -0.4 is 14.2 Å². The maximum atomic E-state index is 12.6. The van der Waals surface area contributed by atoms with Crippen molar-refractivity contribution in [2.24, 2.45) is 5.92 Å². The molecular weight excluding hydrogens is 314 g/mol. The number of methoxy groups -OCH3 is 3. The minimum absolute atomic E-state index is 0.111. The van der Waals surface area contributed by atoms with Crippen molar-refractivity contribution >= 4 is 11.9 Å². The van der Waals surface area contributed by atoms with Gasteiger partial charge in [0.15, 0.2) is 11.5 Å². The zero-order valence-electron chi connectivity index (χ0n) is 14.4. The van der Waals surface area contributed by atoms with E-state index in [2.05, 4.69) is 0 Å². The number of benzene rings is 1. The van der Waals surface area contributed by atoms with Crippen LogP contribution in [0.5, 0.6) is 17.2 Å². The Kier molecular flexibility index (Phi) is 5.54. The van der Waals surface area contributed by atoms with Crippen LogP contribution in [0.3, 0.4) is 0 Å². The summed E-state index contributed by atoms with van der Waals surface area (Å²) in [6.07, 6.45) is 0.630. The summed E-state index contributed by atoms with van der Waals surface area (Å²) < 4.78 is 15.8. The molecule has 0 bridgehead atoms. The molecule has 7 heteroatoms. The van der Waals surface area contributed by atoms with Crippen molar-refractivity contribution in [3.63, 3.8) is 0 Å². The molecule has 2 unspecified atom stereocenters.